The zero-order chi connectivity index (χ0) is 23.1. The SMILES string of the molecule is C=C(N)c1cccc(CC(C(=O)OC)C(C)NC(=O)C2CCN(c3ccncc3)CC2)c1. The number of benzene rings is 1. The van der Waals surface area contributed by atoms with Crippen molar-refractivity contribution in [3.63, 3.8) is 0 Å². The number of carbonyl (C=O) groups excluding carboxylic acids is 2. The van der Waals surface area contributed by atoms with Crippen LogP contribution in [0.1, 0.15) is 30.9 Å². The molecule has 1 amide bonds. The first kappa shape index (κ1) is 23.3. The summed E-state index contributed by atoms with van der Waals surface area (Å²) in [7, 11) is 1.37. The fraction of sp³-hybridized carbons (Fsp3) is 0.400. The molecule has 2 heterocycles. The number of nitrogens with two attached hydrogens (primary N) is 1. The number of piperidine rings is 1. The largest absolute Gasteiger partial charge is 0.469 e. The third-order valence-corrected chi connectivity index (χ3v) is 6.12. The molecule has 0 aliphatic carbocycles. The fourth-order valence-electron chi connectivity index (χ4n) is 4.17. The average molecular weight is 437 g/mol. The van der Waals surface area contributed by atoms with Crippen LogP contribution in [0.5, 0.6) is 0 Å². The molecule has 2 atom stereocenters. The molecule has 2 aromatic rings. The number of ether oxygens (including phenoxy) is 1. The quantitative estimate of drug-likeness (QED) is 0.618. The zero-order valence-corrected chi connectivity index (χ0v) is 18.8. The molecule has 1 fully saturated rings. The molecule has 1 saturated heterocycles. The summed E-state index contributed by atoms with van der Waals surface area (Å²) in [6, 6.07) is 11.2. The van der Waals surface area contributed by atoms with Crippen LogP contribution in [0.3, 0.4) is 0 Å². The Morgan fingerprint density at radius 3 is 2.56 bits per heavy atom. The van der Waals surface area contributed by atoms with E-state index in [2.05, 4.69) is 21.8 Å². The molecule has 0 bridgehead atoms. The molecule has 7 nitrogen and oxygen atoms in total. The first-order valence-corrected chi connectivity index (χ1v) is 11.0. The van der Waals surface area contributed by atoms with Gasteiger partial charge >= 0.3 is 5.97 Å². The van der Waals surface area contributed by atoms with E-state index in [-0.39, 0.29) is 23.8 Å². The van der Waals surface area contributed by atoms with Crippen LogP contribution in [0.2, 0.25) is 0 Å². The number of rotatable bonds is 8. The number of methoxy groups -OCH3 is 1. The van der Waals surface area contributed by atoms with Crippen molar-refractivity contribution < 1.29 is 14.3 Å². The van der Waals surface area contributed by atoms with E-state index in [0.29, 0.717) is 12.1 Å². The van der Waals surface area contributed by atoms with Gasteiger partial charge in [0.1, 0.15) is 0 Å². The van der Waals surface area contributed by atoms with Gasteiger partial charge in [-0.3, -0.25) is 14.6 Å². The number of carbonyl (C=O) groups is 2. The van der Waals surface area contributed by atoms with E-state index in [1.807, 2.05) is 43.3 Å². The molecule has 2 unspecified atom stereocenters. The Hall–Kier alpha value is -3.35. The van der Waals surface area contributed by atoms with Crippen molar-refractivity contribution in [1.82, 2.24) is 10.3 Å². The lowest BCUT2D eigenvalue weighted by Gasteiger charge is -2.34. The Balaban J connectivity index is 1.60. The number of pyridine rings is 1. The molecular formula is C25H32N4O3. The predicted molar refractivity (Wildman–Crippen MR) is 126 cm³/mol. The molecule has 1 aromatic carbocycles. The molecule has 1 aliphatic heterocycles. The van der Waals surface area contributed by atoms with E-state index in [1.165, 1.54) is 7.11 Å². The van der Waals surface area contributed by atoms with E-state index in [1.54, 1.807) is 12.4 Å². The van der Waals surface area contributed by atoms with Crippen LogP contribution in [0.25, 0.3) is 5.70 Å². The van der Waals surface area contributed by atoms with Crippen LogP contribution in [0, 0.1) is 11.8 Å². The molecule has 3 rings (SSSR count). The van der Waals surface area contributed by atoms with Crippen molar-refractivity contribution in [2.24, 2.45) is 17.6 Å². The Morgan fingerprint density at radius 2 is 1.94 bits per heavy atom. The van der Waals surface area contributed by atoms with E-state index >= 15 is 0 Å². The van der Waals surface area contributed by atoms with Gasteiger partial charge in [-0.2, -0.15) is 0 Å². The normalized spacial score (nSPS) is 16.1. The summed E-state index contributed by atoms with van der Waals surface area (Å²) in [6.45, 7) is 7.25. The number of aromatic nitrogens is 1. The highest BCUT2D eigenvalue weighted by atomic mass is 16.5. The van der Waals surface area contributed by atoms with Gasteiger partial charge in [0.05, 0.1) is 13.0 Å². The monoisotopic (exact) mass is 436 g/mol. The van der Waals surface area contributed by atoms with E-state index in [9.17, 15) is 9.59 Å². The fourth-order valence-corrected chi connectivity index (χ4v) is 4.17. The molecule has 32 heavy (non-hydrogen) atoms. The second-order valence-corrected chi connectivity index (χ2v) is 8.32. The standard InChI is InChI=1S/C25H32N4O3/c1-17(26)21-6-4-5-19(15-21)16-23(25(31)32-3)18(2)28-24(30)20-9-13-29(14-10-20)22-7-11-27-12-8-22/h4-8,11-12,15,18,20,23H,1,9-10,13-14,16,26H2,2-3H3,(H,28,30). The highest BCUT2D eigenvalue weighted by Crippen LogP contribution is 2.24. The second kappa shape index (κ2) is 10.8. The number of amides is 1. The van der Waals surface area contributed by atoms with Crippen molar-refractivity contribution in [1.29, 1.82) is 0 Å². The summed E-state index contributed by atoms with van der Waals surface area (Å²) in [4.78, 5) is 31.8. The molecule has 0 radical (unpaired) electrons. The smallest absolute Gasteiger partial charge is 0.311 e. The van der Waals surface area contributed by atoms with Gasteiger partial charge in [0.15, 0.2) is 0 Å². The Kier molecular flexibility index (Phi) is 7.87. The summed E-state index contributed by atoms with van der Waals surface area (Å²) in [5.41, 5.74) is 9.17. The van der Waals surface area contributed by atoms with Crippen molar-refractivity contribution in [3.8, 4) is 0 Å². The maximum Gasteiger partial charge on any atom is 0.311 e. The molecule has 1 aromatic heterocycles. The van der Waals surface area contributed by atoms with Crippen molar-refractivity contribution in [2.45, 2.75) is 32.2 Å². The lowest BCUT2D eigenvalue weighted by Crippen LogP contribution is -2.47. The van der Waals surface area contributed by atoms with Gasteiger partial charge in [0, 0.05) is 48.8 Å². The van der Waals surface area contributed by atoms with E-state index in [4.69, 9.17) is 10.5 Å². The topological polar surface area (TPSA) is 97.6 Å². The van der Waals surface area contributed by atoms with Crippen LogP contribution in [0.4, 0.5) is 5.69 Å². The predicted octanol–water partition coefficient (Wildman–Crippen LogP) is 2.76. The zero-order valence-electron chi connectivity index (χ0n) is 18.8. The number of esters is 1. The van der Waals surface area contributed by atoms with Gasteiger partial charge in [-0.1, -0.05) is 24.8 Å². The third kappa shape index (κ3) is 5.87. The molecule has 7 heteroatoms. The minimum Gasteiger partial charge on any atom is -0.469 e. The van der Waals surface area contributed by atoms with Crippen molar-refractivity contribution in [2.75, 3.05) is 25.1 Å². The average Bonchev–Trinajstić information content (AvgIpc) is 2.82. The molecule has 0 spiro atoms. The van der Waals surface area contributed by atoms with Crippen molar-refractivity contribution in [3.05, 3.63) is 66.5 Å². The highest BCUT2D eigenvalue weighted by Gasteiger charge is 2.31. The van der Waals surface area contributed by atoms with Gasteiger partial charge in [0.25, 0.3) is 0 Å². The highest BCUT2D eigenvalue weighted by molar-refractivity contribution is 5.81. The first-order chi connectivity index (χ1) is 15.4. The van der Waals surface area contributed by atoms with Gasteiger partial charge in [-0.15, -0.1) is 0 Å². The van der Waals surface area contributed by atoms with Gasteiger partial charge < -0.3 is 20.7 Å². The molecular weight excluding hydrogens is 404 g/mol. The maximum absolute atomic E-state index is 12.9. The second-order valence-electron chi connectivity index (χ2n) is 8.32. The van der Waals surface area contributed by atoms with E-state index < -0.39 is 5.92 Å². The number of nitrogens with zero attached hydrogens (tertiary/aromatic N) is 2. The van der Waals surface area contributed by atoms with E-state index in [0.717, 1.165) is 42.7 Å². The van der Waals surface area contributed by atoms with Crippen LogP contribution >= 0.6 is 0 Å². The molecule has 3 N–H and O–H groups in total. The van der Waals surface area contributed by atoms with Gasteiger partial charge in [0.2, 0.25) is 5.91 Å². The lowest BCUT2D eigenvalue weighted by molar-refractivity contribution is -0.146. The van der Waals surface area contributed by atoms with Crippen LogP contribution < -0.4 is 16.0 Å². The number of hydrogen-bond acceptors (Lipinski definition) is 6. The van der Waals surface area contributed by atoms with Crippen LogP contribution in [0.15, 0.2) is 55.4 Å². The Labute approximate surface area is 189 Å². The number of anilines is 1. The van der Waals surface area contributed by atoms with Gasteiger partial charge in [-0.25, -0.2) is 0 Å². The lowest BCUT2D eigenvalue weighted by atomic mass is 9.90. The third-order valence-electron chi connectivity index (χ3n) is 6.12. The Morgan fingerprint density at radius 1 is 1.25 bits per heavy atom. The summed E-state index contributed by atoms with van der Waals surface area (Å²) >= 11 is 0. The number of nitrogens with one attached hydrogen (secondary N) is 1. The molecule has 1 aliphatic rings. The summed E-state index contributed by atoms with van der Waals surface area (Å²) < 4.78 is 5.03. The first-order valence-electron chi connectivity index (χ1n) is 11.0. The van der Waals surface area contributed by atoms with Crippen LogP contribution in [-0.2, 0) is 20.7 Å². The minimum atomic E-state index is -0.498. The summed E-state index contributed by atoms with van der Waals surface area (Å²) in [6.07, 6.45) is 5.54. The van der Waals surface area contributed by atoms with Crippen molar-refractivity contribution >= 4 is 23.3 Å². The maximum atomic E-state index is 12.9. The minimum absolute atomic E-state index is 0.00938. The summed E-state index contributed by atoms with van der Waals surface area (Å²) in [5.74, 6) is -0.924. The summed E-state index contributed by atoms with van der Waals surface area (Å²) in [5, 5.41) is 3.07. The number of hydrogen-bond donors (Lipinski definition) is 2. The van der Waals surface area contributed by atoms with Gasteiger partial charge in [-0.05, 0) is 55.5 Å². The molecule has 170 valence electrons. The van der Waals surface area contributed by atoms with Crippen LogP contribution in [-0.4, -0.2) is 43.1 Å². The molecule has 0 saturated carbocycles. The Bertz CT molecular complexity index is 939.